The van der Waals surface area contributed by atoms with Gasteiger partial charge in [-0.25, -0.2) is 0 Å². The van der Waals surface area contributed by atoms with Gasteiger partial charge in [-0.2, -0.15) is 0 Å². The van der Waals surface area contributed by atoms with Crippen molar-refractivity contribution in [1.29, 1.82) is 0 Å². The molecule has 1 aliphatic heterocycles. The molecule has 0 spiro atoms. The van der Waals surface area contributed by atoms with Gasteiger partial charge < -0.3 is 4.74 Å². The van der Waals surface area contributed by atoms with E-state index in [1.165, 1.54) is 12.8 Å². The molecular formula is C10H18O. The van der Waals surface area contributed by atoms with E-state index in [-0.39, 0.29) is 5.60 Å². The van der Waals surface area contributed by atoms with Crippen LogP contribution in [-0.4, -0.2) is 11.7 Å². The van der Waals surface area contributed by atoms with Gasteiger partial charge in [0.15, 0.2) is 0 Å². The third-order valence-electron chi connectivity index (χ3n) is 3.79. The zero-order valence-corrected chi connectivity index (χ0v) is 7.98. The molecule has 11 heavy (non-hydrogen) atoms. The summed E-state index contributed by atoms with van der Waals surface area (Å²) in [6.07, 6.45) is 3.09. The maximum absolute atomic E-state index is 5.67. The average molecular weight is 154 g/mol. The normalized spacial score (nSPS) is 53.5. The number of hydrogen-bond donors (Lipinski definition) is 0. The Labute approximate surface area is 69.1 Å². The van der Waals surface area contributed by atoms with Crippen LogP contribution in [0, 0.1) is 11.3 Å². The monoisotopic (exact) mass is 154 g/mol. The minimum absolute atomic E-state index is 0.273. The molecule has 1 saturated heterocycles. The molecule has 1 aliphatic carbocycles. The highest BCUT2D eigenvalue weighted by Crippen LogP contribution is 2.55. The van der Waals surface area contributed by atoms with E-state index in [9.17, 15) is 0 Å². The van der Waals surface area contributed by atoms with E-state index >= 15 is 0 Å². The molecule has 2 aliphatic rings. The molecule has 0 N–H and O–H groups in total. The van der Waals surface area contributed by atoms with Gasteiger partial charge in [0.05, 0.1) is 11.7 Å². The number of epoxide rings is 1. The molecule has 0 aromatic rings. The first kappa shape index (κ1) is 7.60. The van der Waals surface area contributed by atoms with Crippen LogP contribution in [0.15, 0.2) is 0 Å². The standard InChI is InChI=1S/C10H18O/c1-7-5-10(4)8(11-10)6-9(7,2)3/h7-8H,5-6H2,1-4H3. The topological polar surface area (TPSA) is 12.5 Å². The highest BCUT2D eigenvalue weighted by atomic mass is 16.6. The zero-order valence-electron chi connectivity index (χ0n) is 7.98. The van der Waals surface area contributed by atoms with Gasteiger partial charge in [0.1, 0.15) is 0 Å². The van der Waals surface area contributed by atoms with Crippen molar-refractivity contribution in [1.82, 2.24) is 0 Å². The van der Waals surface area contributed by atoms with Gasteiger partial charge in [0.25, 0.3) is 0 Å². The van der Waals surface area contributed by atoms with Crippen molar-refractivity contribution in [2.75, 3.05) is 0 Å². The van der Waals surface area contributed by atoms with Crippen LogP contribution in [0.2, 0.25) is 0 Å². The van der Waals surface area contributed by atoms with Crippen LogP contribution in [0.5, 0.6) is 0 Å². The van der Waals surface area contributed by atoms with E-state index in [0.717, 1.165) is 5.92 Å². The Balaban J connectivity index is 2.13. The van der Waals surface area contributed by atoms with Crippen molar-refractivity contribution in [3.8, 4) is 0 Å². The maximum Gasteiger partial charge on any atom is 0.0923 e. The minimum atomic E-state index is 0.273. The van der Waals surface area contributed by atoms with Crippen molar-refractivity contribution in [3.63, 3.8) is 0 Å². The third-order valence-corrected chi connectivity index (χ3v) is 3.79. The van der Waals surface area contributed by atoms with Crippen LogP contribution < -0.4 is 0 Å². The largest absolute Gasteiger partial charge is 0.366 e. The van der Waals surface area contributed by atoms with Gasteiger partial charge in [-0.3, -0.25) is 0 Å². The summed E-state index contributed by atoms with van der Waals surface area (Å²) >= 11 is 0. The SMILES string of the molecule is CC1CC2(C)OC2CC1(C)C. The molecular weight excluding hydrogens is 136 g/mol. The van der Waals surface area contributed by atoms with Crippen LogP contribution >= 0.6 is 0 Å². The highest BCUT2D eigenvalue weighted by molar-refractivity contribution is 5.07. The van der Waals surface area contributed by atoms with Crippen molar-refractivity contribution in [2.24, 2.45) is 11.3 Å². The molecule has 0 radical (unpaired) electrons. The summed E-state index contributed by atoms with van der Waals surface area (Å²) in [5.41, 5.74) is 0.773. The zero-order chi connectivity index (χ0) is 8.28. The molecule has 0 bridgehead atoms. The molecule has 2 fully saturated rings. The lowest BCUT2D eigenvalue weighted by Crippen LogP contribution is -2.34. The number of ether oxygens (including phenoxy) is 1. The molecule has 3 atom stereocenters. The molecule has 0 aromatic carbocycles. The lowest BCUT2D eigenvalue weighted by Gasteiger charge is -2.36. The Morgan fingerprint density at radius 2 is 1.82 bits per heavy atom. The van der Waals surface area contributed by atoms with Crippen LogP contribution in [0.25, 0.3) is 0 Å². The Morgan fingerprint density at radius 3 is 2.36 bits per heavy atom. The Bertz CT molecular complexity index is 185. The average Bonchev–Trinajstić information content (AvgIpc) is 2.39. The summed E-state index contributed by atoms with van der Waals surface area (Å²) in [6, 6.07) is 0. The van der Waals surface area contributed by atoms with Crippen LogP contribution in [0.4, 0.5) is 0 Å². The van der Waals surface area contributed by atoms with Gasteiger partial charge in [-0.05, 0) is 31.1 Å². The van der Waals surface area contributed by atoms with Crippen molar-refractivity contribution in [2.45, 2.75) is 52.2 Å². The lowest BCUT2D eigenvalue weighted by atomic mass is 9.67. The summed E-state index contributed by atoms with van der Waals surface area (Å²) in [5.74, 6) is 0.811. The first-order chi connectivity index (χ1) is 4.94. The Kier molecular flexibility index (Phi) is 1.26. The molecule has 1 heterocycles. The highest BCUT2D eigenvalue weighted by Gasteiger charge is 2.59. The molecule has 0 amide bonds. The predicted octanol–water partition coefficient (Wildman–Crippen LogP) is 2.60. The van der Waals surface area contributed by atoms with E-state index in [4.69, 9.17) is 4.74 Å². The van der Waals surface area contributed by atoms with Crippen molar-refractivity contribution >= 4 is 0 Å². The van der Waals surface area contributed by atoms with Crippen LogP contribution in [0.1, 0.15) is 40.5 Å². The van der Waals surface area contributed by atoms with Crippen LogP contribution in [-0.2, 0) is 4.74 Å². The summed E-state index contributed by atoms with van der Waals surface area (Å²) < 4.78 is 5.67. The second-order valence-electron chi connectivity index (χ2n) is 5.22. The molecule has 0 aromatic heterocycles. The van der Waals surface area contributed by atoms with Gasteiger partial charge in [-0.15, -0.1) is 0 Å². The molecule has 2 rings (SSSR count). The lowest BCUT2D eigenvalue weighted by molar-refractivity contribution is 0.154. The first-order valence-corrected chi connectivity index (χ1v) is 4.62. The number of rotatable bonds is 0. The Morgan fingerprint density at radius 1 is 1.18 bits per heavy atom. The summed E-state index contributed by atoms with van der Waals surface area (Å²) in [7, 11) is 0. The Hall–Kier alpha value is -0.0400. The maximum atomic E-state index is 5.67. The molecule has 1 heteroatoms. The van der Waals surface area contributed by atoms with Gasteiger partial charge in [-0.1, -0.05) is 20.8 Å². The minimum Gasteiger partial charge on any atom is -0.366 e. The van der Waals surface area contributed by atoms with E-state index in [1.807, 2.05) is 0 Å². The fourth-order valence-corrected chi connectivity index (χ4v) is 2.29. The summed E-state index contributed by atoms with van der Waals surface area (Å²) in [4.78, 5) is 0. The second-order valence-corrected chi connectivity index (χ2v) is 5.22. The predicted molar refractivity (Wildman–Crippen MR) is 45.5 cm³/mol. The molecule has 1 saturated carbocycles. The smallest absolute Gasteiger partial charge is 0.0923 e. The van der Waals surface area contributed by atoms with Gasteiger partial charge in [0.2, 0.25) is 0 Å². The van der Waals surface area contributed by atoms with Crippen molar-refractivity contribution < 1.29 is 4.74 Å². The summed E-state index contributed by atoms with van der Waals surface area (Å²) in [6.45, 7) is 9.32. The van der Waals surface area contributed by atoms with Crippen LogP contribution in [0.3, 0.4) is 0 Å². The summed E-state index contributed by atoms with van der Waals surface area (Å²) in [5, 5.41) is 0. The molecule has 1 nitrogen and oxygen atoms in total. The molecule has 3 unspecified atom stereocenters. The van der Waals surface area contributed by atoms with Crippen molar-refractivity contribution in [3.05, 3.63) is 0 Å². The van der Waals surface area contributed by atoms with E-state index in [2.05, 4.69) is 27.7 Å². The quantitative estimate of drug-likeness (QED) is 0.489. The van der Waals surface area contributed by atoms with E-state index < -0.39 is 0 Å². The number of hydrogen-bond acceptors (Lipinski definition) is 1. The van der Waals surface area contributed by atoms with Gasteiger partial charge >= 0.3 is 0 Å². The number of fused-ring (bicyclic) bond motifs is 1. The first-order valence-electron chi connectivity index (χ1n) is 4.62. The fourth-order valence-electron chi connectivity index (χ4n) is 2.29. The van der Waals surface area contributed by atoms with Gasteiger partial charge in [0, 0.05) is 0 Å². The molecule has 64 valence electrons. The second kappa shape index (κ2) is 1.82. The fraction of sp³-hybridized carbons (Fsp3) is 1.00. The third kappa shape index (κ3) is 1.01. The van der Waals surface area contributed by atoms with E-state index in [0.29, 0.717) is 11.5 Å². The van der Waals surface area contributed by atoms with E-state index in [1.54, 1.807) is 0 Å².